The van der Waals surface area contributed by atoms with Crippen LogP contribution in [-0.2, 0) is 12.6 Å². The van der Waals surface area contributed by atoms with Gasteiger partial charge in [-0.3, -0.25) is 4.98 Å². The lowest BCUT2D eigenvalue weighted by Gasteiger charge is -2.14. The molecular formula is C16H16F3N. The molecule has 0 radical (unpaired) electrons. The first-order valence-electron chi connectivity index (χ1n) is 6.64. The highest BCUT2D eigenvalue weighted by atomic mass is 19.4. The SMILES string of the molecule is CCCCc1cc(-c2ccccn2)ccc1C(F)(F)F. The molecule has 0 bridgehead atoms. The molecule has 0 atom stereocenters. The molecule has 0 amide bonds. The number of hydrogen-bond donors (Lipinski definition) is 0. The summed E-state index contributed by atoms with van der Waals surface area (Å²) >= 11 is 0. The maximum absolute atomic E-state index is 13.0. The van der Waals surface area contributed by atoms with Gasteiger partial charge in [-0.05, 0) is 42.7 Å². The van der Waals surface area contributed by atoms with E-state index in [4.69, 9.17) is 0 Å². The minimum atomic E-state index is -4.30. The van der Waals surface area contributed by atoms with Crippen LogP contribution in [0.25, 0.3) is 11.3 Å². The normalized spacial score (nSPS) is 11.6. The Kier molecular flexibility index (Phi) is 4.42. The number of hydrogen-bond acceptors (Lipinski definition) is 1. The van der Waals surface area contributed by atoms with Gasteiger partial charge in [0.15, 0.2) is 0 Å². The monoisotopic (exact) mass is 279 g/mol. The minimum absolute atomic E-state index is 0.350. The lowest BCUT2D eigenvalue weighted by Crippen LogP contribution is -2.09. The van der Waals surface area contributed by atoms with Crippen LogP contribution < -0.4 is 0 Å². The fourth-order valence-electron chi connectivity index (χ4n) is 2.14. The van der Waals surface area contributed by atoms with E-state index in [0.29, 0.717) is 17.7 Å². The highest BCUT2D eigenvalue weighted by Crippen LogP contribution is 2.34. The maximum Gasteiger partial charge on any atom is 0.416 e. The largest absolute Gasteiger partial charge is 0.416 e. The second kappa shape index (κ2) is 6.07. The number of benzene rings is 1. The van der Waals surface area contributed by atoms with Crippen LogP contribution >= 0.6 is 0 Å². The number of rotatable bonds is 4. The number of halogens is 3. The Morgan fingerprint density at radius 3 is 2.50 bits per heavy atom. The van der Waals surface area contributed by atoms with E-state index in [1.54, 1.807) is 24.4 Å². The standard InChI is InChI=1S/C16H16F3N/c1-2-3-6-12-11-13(15-7-4-5-10-20-15)8-9-14(12)16(17,18)19/h4-5,7-11H,2-3,6H2,1H3. The van der Waals surface area contributed by atoms with Gasteiger partial charge in [0, 0.05) is 11.8 Å². The fraction of sp³-hybridized carbons (Fsp3) is 0.312. The van der Waals surface area contributed by atoms with Gasteiger partial charge < -0.3 is 0 Å². The predicted molar refractivity (Wildman–Crippen MR) is 73.3 cm³/mol. The number of aromatic nitrogens is 1. The van der Waals surface area contributed by atoms with Gasteiger partial charge in [0.25, 0.3) is 0 Å². The second-order valence-corrected chi connectivity index (χ2v) is 4.69. The zero-order chi connectivity index (χ0) is 14.6. The molecule has 0 unspecified atom stereocenters. The Labute approximate surface area is 116 Å². The topological polar surface area (TPSA) is 12.9 Å². The third-order valence-corrected chi connectivity index (χ3v) is 3.17. The van der Waals surface area contributed by atoms with Crippen molar-refractivity contribution in [1.29, 1.82) is 0 Å². The van der Waals surface area contributed by atoms with E-state index in [1.807, 2.05) is 13.0 Å². The predicted octanol–water partition coefficient (Wildman–Crippen LogP) is 5.11. The van der Waals surface area contributed by atoms with Gasteiger partial charge in [0.05, 0.1) is 11.3 Å². The first kappa shape index (κ1) is 14.6. The van der Waals surface area contributed by atoms with Crippen molar-refractivity contribution in [1.82, 2.24) is 4.98 Å². The van der Waals surface area contributed by atoms with Crippen LogP contribution in [0.2, 0.25) is 0 Å². The number of unbranched alkanes of at least 4 members (excludes halogenated alkanes) is 1. The molecule has 0 saturated heterocycles. The van der Waals surface area contributed by atoms with Gasteiger partial charge in [0.2, 0.25) is 0 Å². The summed E-state index contributed by atoms with van der Waals surface area (Å²) in [5, 5.41) is 0. The van der Waals surface area contributed by atoms with E-state index >= 15 is 0 Å². The maximum atomic E-state index is 13.0. The van der Waals surface area contributed by atoms with Crippen LogP contribution in [0.4, 0.5) is 13.2 Å². The van der Waals surface area contributed by atoms with Crippen LogP contribution in [0.1, 0.15) is 30.9 Å². The van der Waals surface area contributed by atoms with Crippen molar-refractivity contribution in [3.05, 3.63) is 53.7 Å². The van der Waals surface area contributed by atoms with E-state index in [0.717, 1.165) is 24.5 Å². The van der Waals surface area contributed by atoms with Crippen molar-refractivity contribution >= 4 is 0 Å². The highest BCUT2D eigenvalue weighted by Gasteiger charge is 2.33. The van der Waals surface area contributed by atoms with Crippen molar-refractivity contribution in [3.8, 4) is 11.3 Å². The van der Waals surface area contributed by atoms with E-state index in [9.17, 15) is 13.2 Å². The summed E-state index contributed by atoms with van der Waals surface area (Å²) in [7, 11) is 0. The zero-order valence-corrected chi connectivity index (χ0v) is 11.2. The first-order chi connectivity index (χ1) is 9.52. The lowest BCUT2D eigenvalue weighted by molar-refractivity contribution is -0.138. The quantitative estimate of drug-likeness (QED) is 0.757. The van der Waals surface area contributed by atoms with E-state index in [2.05, 4.69) is 4.98 Å². The Bertz CT molecular complexity index is 562. The number of aryl methyl sites for hydroxylation is 1. The molecule has 0 saturated carbocycles. The molecule has 1 aromatic heterocycles. The van der Waals surface area contributed by atoms with E-state index in [-0.39, 0.29) is 0 Å². The van der Waals surface area contributed by atoms with Crippen LogP contribution in [0, 0.1) is 0 Å². The zero-order valence-electron chi connectivity index (χ0n) is 11.2. The Hall–Kier alpha value is -1.84. The summed E-state index contributed by atoms with van der Waals surface area (Å²) < 4.78 is 39.0. The molecule has 1 aromatic carbocycles. The minimum Gasteiger partial charge on any atom is -0.256 e. The summed E-state index contributed by atoms with van der Waals surface area (Å²) in [6.45, 7) is 1.97. The van der Waals surface area contributed by atoms with Crippen molar-refractivity contribution < 1.29 is 13.2 Å². The molecule has 0 aliphatic rings. The fourth-order valence-corrected chi connectivity index (χ4v) is 2.14. The molecule has 0 spiro atoms. The molecule has 0 N–H and O–H groups in total. The first-order valence-corrected chi connectivity index (χ1v) is 6.64. The van der Waals surface area contributed by atoms with Crippen LogP contribution in [0.3, 0.4) is 0 Å². The van der Waals surface area contributed by atoms with Crippen molar-refractivity contribution in [2.75, 3.05) is 0 Å². The summed E-state index contributed by atoms with van der Waals surface area (Å²) in [4.78, 5) is 4.18. The Morgan fingerprint density at radius 1 is 1.10 bits per heavy atom. The molecule has 4 heteroatoms. The Morgan fingerprint density at radius 2 is 1.90 bits per heavy atom. The third-order valence-electron chi connectivity index (χ3n) is 3.17. The van der Waals surface area contributed by atoms with E-state index in [1.165, 1.54) is 6.07 Å². The molecule has 1 heterocycles. The molecule has 1 nitrogen and oxygen atoms in total. The molecule has 0 aliphatic heterocycles. The Balaban J connectivity index is 2.43. The summed E-state index contributed by atoms with van der Waals surface area (Å²) in [6, 6.07) is 9.67. The average molecular weight is 279 g/mol. The van der Waals surface area contributed by atoms with Crippen molar-refractivity contribution in [2.24, 2.45) is 0 Å². The molecule has 20 heavy (non-hydrogen) atoms. The molecular weight excluding hydrogens is 263 g/mol. The number of nitrogens with zero attached hydrogens (tertiary/aromatic N) is 1. The average Bonchev–Trinajstić information content (AvgIpc) is 2.44. The summed E-state index contributed by atoms with van der Waals surface area (Å²) in [5.41, 5.74) is 1.23. The third kappa shape index (κ3) is 3.38. The van der Waals surface area contributed by atoms with Crippen LogP contribution in [0.15, 0.2) is 42.6 Å². The smallest absolute Gasteiger partial charge is 0.256 e. The molecule has 0 fully saturated rings. The van der Waals surface area contributed by atoms with Crippen molar-refractivity contribution in [3.63, 3.8) is 0 Å². The van der Waals surface area contributed by atoms with Gasteiger partial charge in [-0.2, -0.15) is 13.2 Å². The molecule has 106 valence electrons. The van der Waals surface area contributed by atoms with Gasteiger partial charge in [0.1, 0.15) is 0 Å². The second-order valence-electron chi connectivity index (χ2n) is 4.69. The van der Waals surface area contributed by atoms with Crippen molar-refractivity contribution in [2.45, 2.75) is 32.4 Å². The highest BCUT2D eigenvalue weighted by molar-refractivity contribution is 5.61. The van der Waals surface area contributed by atoms with Gasteiger partial charge in [-0.25, -0.2) is 0 Å². The van der Waals surface area contributed by atoms with Gasteiger partial charge >= 0.3 is 6.18 Å². The number of pyridine rings is 1. The number of alkyl halides is 3. The van der Waals surface area contributed by atoms with Crippen LogP contribution in [-0.4, -0.2) is 4.98 Å². The molecule has 2 aromatic rings. The van der Waals surface area contributed by atoms with Gasteiger partial charge in [-0.15, -0.1) is 0 Å². The summed E-state index contributed by atoms with van der Waals surface area (Å²) in [6.07, 6.45) is -0.615. The van der Waals surface area contributed by atoms with Crippen LogP contribution in [0.5, 0.6) is 0 Å². The van der Waals surface area contributed by atoms with Gasteiger partial charge in [-0.1, -0.05) is 25.5 Å². The molecule has 0 aliphatic carbocycles. The summed E-state index contributed by atoms with van der Waals surface area (Å²) in [5.74, 6) is 0. The molecule has 2 rings (SSSR count). The van der Waals surface area contributed by atoms with E-state index < -0.39 is 11.7 Å². The lowest BCUT2D eigenvalue weighted by atomic mass is 9.97.